The molecule has 0 aromatic carbocycles. The molecule has 17 heavy (non-hydrogen) atoms. The van der Waals surface area contributed by atoms with E-state index in [0.29, 0.717) is 0 Å². The van der Waals surface area contributed by atoms with Crippen LogP contribution in [0.1, 0.15) is 0 Å². The number of nitrogens with zero attached hydrogens (tertiary/aromatic N) is 2. The van der Waals surface area contributed by atoms with Gasteiger partial charge in [0, 0.05) is 12.4 Å². The second kappa shape index (κ2) is 7.59. The molecule has 0 aliphatic heterocycles. The molecule has 2 nitrogen and oxygen atoms in total. The zero-order chi connectivity index (χ0) is 12.7. The summed E-state index contributed by atoms with van der Waals surface area (Å²) in [7, 11) is 17.9. The molecule has 91 valence electrons. The van der Waals surface area contributed by atoms with Gasteiger partial charge in [0.25, 0.3) is 0 Å². The van der Waals surface area contributed by atoms with E-state index in [4.69, 9.17) is 0 Å². The zero-order valence-corrected chi connectivity index (χ0v) is 14.1. The quantitative estimate of drug-likeness (QED) is 0.676. The molecule has 0 aliphatic carbocycles. The molecule has 0 spiro atoms. The molecular formula is C10H12Cl4N2Nb+4. The van der Waals surface area contributed by atoms with E-state index in [1.807, 2.05) is 36.4 Å². The Morgan fingerprint density at radius 2 is 1.06 bits per heavy atom. The molecule has 0 saturated carbocycles. The van der Waals surface area contributed by atoms with Crippen molar-refractivity contribution in [2.75, 3.05) is 0 Å². The first-order chi connectivity index (χ1) is 7.97. The first kappa shape index (κ1) is 15.3. The number of rotatable bonds is 1. The van der Waals surface area contributed by atoms with Crippen LogP contribution in [0.2, 0.25) is 0 Å². The minimum absolute atomic E-state index is 0.915. The maximum Gasteiger partial charge on any atom is 0.0886 e. The summed E-state index contributed by atoms with van der Waals surface area (Å²) in [5.41, 5.74) is 1.83. The number of halogens is 4. The van der Waals surface area contributed by atoms with E-state index in [0.717, 1.165) is 11.4 Å². The van der Waals surface area contributed by atoms with Gasteiger partial charge >= 0.3 is 49.6 Å². The molecule has 0 saturated heterocycles. The van der Waals surface area contributed by atoms with Gasteiger partial charge in [-0.25, -0.2) is 0 Å². The Labute approximate surface area is 119 Å². The van der Waals surface area contributed by atoms with Crippen molar-refractivity contribution >= 4 is 0 Å². The smallest absolute Gasteiger partial charge is 0.0886 e. The SMILES string of the molecule is [ClH+][Nb]([ClH+])([ClH+])[ClH+].c1ccc(-c2ccccn2)nc1. The second-order valence-corrected chi connectivity index (χ2v) is 26.2. The molecule has 0 bridgehead atoms. The summed E-state index contributed by atoms with van der Waals surface area (Å²) in [5, 5.41) is 0. The van der Waals surface area contributed by atoms with E-state index >= 15 is 0 Å². The Morgan fingerprint density at radius 3 is 1.29 bits per heavy atom. The molecule has 0 atom stereocenters. The molecule has 2 aromatic heterocycles. The van der Waals surface area contributed by atoms with Crippen molar-refractivity contribution in [3.05, 3.63) is 48.8 Å². The van der Waals surface area contributed by atoms with Crippen molar-refractivity contribution < 1.29 is 49.6 Å². The molecule has 0 aliphatic rings. The van der Waals surface area contributed by atoms with Gasteiger partial charge in [-0.2, -0.15) is 0 Å². The maximum atomic E-state index is 4.47. The Morgan fingerprint density at radius 1 is 0.706 bits per heavy atom. The van der Waals surface area contributed by atoms with Gasteiger partial charge in [-0.1, -0.05) is 12.1 Å². The molecule has 2 heterocycles. The van der Waals surface area contributed by atoms with Crippen LogP contribution < -0.4 is 0 Å². The Kier molecular flexibility index (Phi) is 6.82. The van der Waals surface area contributed by atoms with Gasteiger partial charge in [-0.3, -0.25) is 9.97 Å². The summed E-state index contributed by atoms with van der Waals surface area (Å²) < 4.78 is 0. The third kappa shape index (κ3) is 8.01. The summed E-state index contributed by atoms with van der Waals surface area (Å²) in [4.78, 5) is 8.37. The summed E-state index contributed by atoms with van der Waals surface area (Å²) >= 11 is -2.77. The maximum absolute atomic E-state index is 4.47. The van der Waals surface area contributed by atoms with Gasteiger partial charge in [-0.05, 0) is 24.3 Å². The van der Waals surface area contributed by atoms with Crippen molar-refractivity contribution in [2.45, 2.75) is 0 Å². The summed E-state index contributed by atoms with van der Waals surface area (Å²) in [6.45, 7) is 0. The van der Waals surface area contributed by atoms with Gasteiger partial charge in [0.2, 0.25) is 0 Å². The molecule has 2 aromatic rings. The number of hydrogen-bond donors (Lipinski definition) is 0. The van der Waals surface area contributed by atoms with E-state index < -0.39 is 12.8 Å². The predicted octanol–water partition coefficient (Wildman–Crippen LogP) is 1.07. The standard InChI is InChI=1S/C10H8N2.4ClH.Nb/c1-3-7-11-9(5-1)10-6-2-4-8-12-10;;;;;/h1-8H;4*1H;/q;;;;;+4. The Hall–Kier alpha value is 0.200. The zero-order valence-electron chi connectivity index (χ0n) is 8.59. The largest absolute Gasteiger partial charge is 0.255 e. The van der Waals surface area contributed by atoms with Gasteiger partial charge in [0.15, 0.2) is 0 Å². The minimum atomic E-state index is -2.77. The first-order valence-electron chi connectivity index (χ1n) is 4.52. The van der Waals surface area contributed by atoms with Gasteiger partial charge < -0.3 is 0 Å². The fourth-order valence-electron chi connectivity index (χ4n) is 1.03. The fraction of sp³-hybridized carbons (Fsp3) is 0. The van der Waals surface area contributed by atoms with Crippen LogP contribution in [0.4, 0.5) is 0 Å². The molecule has 0 fully saturated rings. The van der Waals surface area contributed by atoms with Crippen molar-refractivity contribution in [3.63, 3.8) is 0 Å². The summed E-state index contributed by atoms with van der Waals surface area (Å²) in [6.07, 6.45) is 3.54. The van der Waals surface area contributed by atoms with Crippen LogP contribution in [0.25, 0.3) is 11.4 Å². The normalized spacial score (nSPS) is 10.4. The van der Waals surface area contributed by atoms with E-state index in [1.165, 1.54) is 0 Å². The van der Waals surface area contributed by atoms with Crippen LogP contribution in [0.5, 0.6) is 0 Å². The number of aromatic nitrogens is 2. The van der Waals surface area contributed by atoms with E-state index in [9.17, 15) is 0 Å². The van der Waals surface area contributed by atoms with Crippen molar-refractivity contribution in [1.29, 1.82) is 0 Å². The molecule has 2 rings (SSSR count). The number of pyridine rings is 2. The van der Waals surface area contributed by atoms with Crippen molar-refractivity contribution in [3.8, 4) is 11.4 Å². The van der Waals surface area contributed by atoms with Gasteiger partial charge in [-0.15, -0.1) is 0 Å². The third-order valence-corrected chi connectivity index (χ3v) is 1.59. The van der Waals surface area contributed by atoms with E-state index in [2.05, 4.69) is 46.7 Å². The Balaban J connectivity index is 0.000000249. The molecule has 0 radical (unpaired) electrons. The van der Waals surface area contributed by atoms with Crippen LogP contribution in [0.15, 0.2) is 48.8 Å². The van der Waals surface area contributed by atoms with E-state index in [1.54, 1.807) is 12.4 Å². The molecule has 7 heteroatoms. The Bertz CT molecular complexity index is 390. The van der Waals surface area contributed by atoms with Crippen molar-refractivity contribution in [1.82, 2.24) is 9.97 Å². The van der Waals surface area contributed by atoms with Crippen LogP contribution in [0.3, 0.4) is 0 Å². The topological polar surface area (TPSA) is 25.8 Å². The predicted molar refractivity (Wildman–Crippen MR) is 53.0 cm³/mol. The van der Waals surface area contributed by atoms with Crippen LogP contribution in [-0.2, 0) is 12.8 Å². The summed E-state index contributed by atoms with van der Waals surface area (Å²) in [6, 6.07) is 11.6. The molecule has 0 N–H and O–H groups in total. The average Bonchev–Trinajstić information content (AvgIpc) is 2.29. The minimum Gasteiger partial charge on any atom is -0.255 e. The molecule has 0 amide bonds. The molecule has 0 unspecified atom stereocenters. The van der Waals surface area contributed by atoms with Crippen LogP contribution in [-0.4, -0.2) is 9.97 Å². The number of hydrogen-bond acceptors (Lipinski definition) is 2. The monoisotopic (exact) mass is 393 g/mol. The molecular weight excluding hydrogens is 383 g/mol. The fourth-order valence-corrected chi connectivity index (χ4v) is 1.03. The van der Waals surface area contributed by atoms with Gasteiger partial charge in [0.1, 0.15) is 0 Å². The first-order valence-corrected chi connectivity index (χ1v) is 16.8. The summed E-state index contributed by atoms with van der Waals surface area (Å²) in [5.74, 6) is 0. The third-order valence-electron chi connectivity index (χ3n) is 1.59. The van der Waals surface area contributed by atoms with Crippen LogP contribution in [0, 0.1) is 36.8 Å². The van der Waals surface area contributed by atoms with E-state index in [-0.39, 0.29) is 0 Å². The second-order valence-electron chi connectivity index (χ2n) is 2.88. The van der Waals surface area contributed by atoms with Gasteiger partial charge in [0.05, 0.1) is 11.4 Å². The average molecular weight is 395 g/mol. The van der Waals surface area contributed by atoms with Crippen LogP contribution >= 0.6 is 0 Å². The van der Waals surface area contributed by atoms with Crippen molar-refractivity contribution in [2.24, 2.45) is 0 Å².